The minimum absolute atomic E-state index is 0.0530. The van der Waals surface area contributed by atoms with Crippen molar-refractivity contribution in [3.63, 3.8) is 0 Å². The Labute approximate surface area is 209 Å². The lowest BCUT2D eigenvalue weighted by molar-refractivity contribution is -0.157. The van der Waals surface area contributed by atoms with E-state index < -0.39 is 47.6 Å². The molecule has 0 radical (unpaired) electrons. The van der Waals surface area contributed by atoms with Crippen LogP contribution in [0.3, 0.4) is 0 Å². The summed E-state index contributed by atoms with van der Waals surface area (Å²) in [4.78, 5) is 24.0. The molecule has 1 aliphatic heterocycles. The highest BCUT2D eigenvalue weighted by Crippen LogP contribution is 2.26. The van der Waals surface area contributed by atoms with Gasteiger partial charge in [0.05, 0.1) is 18.6 Å². The average molecular weight is 497 g/mol. The van der Waals surface area contributed by atoms with E-state index in [4.69, 9.17) is 9.47 Å². The number of rotatable bonds is 8. The molecule has 8 heteroatoms. The summed E-state index contributed by atoms with van der Waals surface area (Å²) in [6.45, 7) is 9.98. The molecule has 0 aliphatic carbocycles. The molecule has 1 heterocycles. The summed E-state index contributed by atoms with van der Waals surface area (Å²) in [6, 6.07) is 0. The van der Waals surface area contributed by atoms with Crippen LogP contribution < -0.4 is 0 Å². The Bertz CT molecular complexity index is 767. The summed E-state index contributed by atoms with van der Waals surface area (Å²) < 4.78 is 10.9. The van der Waals surface area contributed by atoms with E-state index in [1.807, 2.05) is 26.0 Å². The van der Waals surface area contributed by atoms with Gasteiger partial charge in [0.15, 0.2) is 0 Å². The minimum Gasteiger partial charge on any atom is -0.457 e. The summed E-state index contributed by atoms with van der Waals surface area (Å²) in [7, 11) is 0. The second-order valence-corrected chi connectivity index (χ2v) is 10.1. The van der Waals surface area contributed by atoms with Crippen molar-refractivity contribution in [3.05, 3.63) is 36.5 Å². The van der Waals surface area contributed by atoms with Crippen LogP contribution in [0.1, 0.15) is 73.6 Å². The molecule has 4 N–H and O–H groups in total. The van der Waals surface area contributed by atoms with E-state index in [1.165, 1.54) is 13.8 Å². The molecule has 0 saturated heterocycles. The molecule has 0 bridgehead atoms. The first kappa shape index (κ1) is 31.0. The van der Waals surface area contributed by atoms with Crippen LogP contribution in [0.2, 0.25) is 0 Å². The molecule has 8 atom stereocenters. The van der Waals surface area contributed by atoms with Crippen LogP contribution in [0.4, 0.5) is 0 Å². The van der Waals surface area contributed by atoms with Crippen LogP contribution >= 0.6 is 0 Å². The molecule has 1 aliphatic rings. The molecule has 0 saturated carbocycles. The maximum atomic E-state index is 12.4. The maximum absolute atomic E-state index is 12.4. The highest BCUT2D eigenvalue weighted by atomic mass is 16.6. The van der Waals surface area contributed by atoms with E-state index in [1.54, 1.807) is 38.2 Å². The van der Waals surface area contributed by atoms with Gasteiger partial charge in [-0.05, 0) is 57.6 Å². The van der Waals surface area contributed by atoms with Crippen LogP contribution in [-0.4, -0.2) is 68.0 Å². The van der Waals surface area contributed by atoms with Crippen molar-refractivity contribution in [1.29, 1.82) is 0 Å². The van der Waals surface area contributed by atoms with Gasteiger partial charge in [-0.25, -0.2) is 0 Å². The zero-order valence-electron chi connectivity index (χ0n) is 21.9. The topological polar surface area (TPSA) is 134 Å². The normalized spacial score (nSPS) is 33.3. The third-order valence-corrected chi connectivity index (χ3v) is 6.32. The molecule has 0 spiro atoms. The van der Waals surface area contributed by atoms with Gasteiger partial charge in [-0.1, -0.05) is 45.1 Å². The molecular weight excluding hydrogens is 452 g/mol. The lowest BCUT2D eigenvalue weighted by Gasteiger charge is -2.32. The molecule has 200 valence electrons. The second-order valence-electron chi connectivity index (χ2n) is 10.1. The average Bonchev–Trinajstić information content (AvgIpc) is 2.76. The fraction of sp³-hybridized carbons (Fsp3) is 0.704. The summed E-state index contributed by atoms with van der Waals surface area (Å²) in [6.07, 6.45) is 8.15. The lowest BCUT2D eigenvalue weighted by atomic mass is 9.89. The molecule has 0 aromatic rings. The van der Waals surface area contributed by atoms with Gasteiger partial charge < -0.3 is 29.9 Å². The summed E-state index contributed by atoms with van der Waals surface area (Å²) in [5.74, 6) is -1.32. The van der Waals surface area contributed by atoms with Gasteiger partial charge in [0, 0.05) is 12.8 Å². The highest BCUT2D eigenvalue weighted by molar-refractivity contribution is 5.70. The van der Waals surface area contributed by atoms with E-state index in [0.717, 1.165) is 0 Å². The first-order valence-corrected chi connectivity index (χ1v) is 12.4. The summed E-state index contributed by atoms with van der Waals surface area (Å²) >= 11 is 0. The summed E-state index contributed by atoms with van der Waals surface area (Å²) in [5, 5.41) is 41.3. The van der Waals surface area contributed by atoms with Crippen molar-refractivity contribution < 1.29 is 39.5 Å². The fourth-order valence-electron chi connectivity index (χ4n) is 3.78. The molecule has 8 unspecified atom stereocenters. The van der Waals surface area contributed by atoms with Crippen molar-refractivity contribution in [2.75, 3.05) is 0 Å². The molecule has 35 heavy (non-hydrogen) atoms. The number of carbonyl (C=O) groups excluding carboxylic acids is 2. The van der Waals surface area contributed by atoms with Gasteiger partial charge >= 0.3 is 11.9 Å². The van der Waals surface area contributed by atoms with E-state index >= 15 is 0 Å². The minimum atomic E-state index is -1.41. The number of hydrogen-bond donors (Lipinski definition) is 4. The Balaban J connectivity index is 3.04. The monoisotopic (exact) mass is 496 g/mol. The lowest BCUT2D eigenvalue weighted by Crippen LogP contribution is -2.42. The molecule has 0 aromatic carbocycles. The predicted octanol–water partition coefficient (Wildman–Crippen LogP) is 2.98. The van der Waals surface area contributed by atoms with E-state index in [0.29, 0.717) is 12.8 Å². The first-order valence-electron chi connectivity index (χ1n) is 12.4. The smallest absolute Gasteiger partial charge is 0.309 e. The quantitative estimate of drug-likeness (QED) is 0.298. The standard InChI is InChI=1S/C27H44O8/c1-7-23(30)26(5,32)15-8-9-18(2)10-12-22-19(3)11-13-24(34-20(4)28)27(6,33)16-14-21(29)17-25(31)35-22/h8,10-13,15,18-19,21-24,29-30,32-33H,7,9,14,16-17H2,1-6H3/b12-10+,13-11-,15-8+. The van der Waals surface area contributed by atoms with Crippen LogP contribution in [0.25, 0.3) is 0 Å². The molecule has 0 aromatic heterocycles. The van der Waals surface area contributed by atoms with Crippen molar-refractivity contribution >= 4 is 11.9 Å². The second kappa shape index (κ2) is 13.9. The third-order valence-electron chi connectivity index (χ3n) is 6.32. The Morgan fingerprint density at radius 3 is 2.66 bits per heavy atom. The number of cyclic esters (lactones) is 1. The van der Waals surface area contributed by atoms with Crippen LogP contribution in [0.5, 0.6) is 0 Å². The van der Waals surface area contributed by atoms with E-state index in [2.05, 4.69) is 0 Å². The van der Waals surface area contributed by atoms with Crippen molar-refractivity contribution in [1.82, 2.24) is 0 Å². The number of aliphatic hydroxyl groups is 4. The van der Waals surface area contributed by atoms with Gasteiger partial charge in [-0.2, -0.15) is 0 Å². The zero-order chi connectivity index (χ0) is 26.8. The number of carbonyl (C=O) groups is 2. The van der Waals surface area contributed by atoms with Gasteiger partial charge in [0.2, 0.25) is 0 Å². The van der Waals surface area contributed by atoms with Crippen molar-refractivity contribution in [2.45, 2.75) is 109 Å². The van der Waals surface area contributed by atoms with Gasteiger partial charge in [0.1, 0.15) is 23.4 Å². The van der Waals surface area contributed by atoms with Crippen molar-refractivity contribution in [2.24, 2.45) is 11.8 Å². The van der Waals surface area contributed by atoms with E-state index in [-0.39, 0.29) is 31.1 Å². The number of aliphatic hydroxyl groups excluding tert-OH is 2. The van der Waals surface area contributed by atoms with Crippen LogP contribution in [-0.2, 0) is 19.1 Å². The zero-order valence-corrected chi connectivity index (χ0v) is 21.9. The Morgan fingerprint density at radius 2 is 2.06 bits per heavy atom. The first-order chi connectivity index (χ1) is 16.2. The van der Waals surface area contributed by atoms with Crippen LogP contribution in [0.15, 0.2) is 36.5 Å². The Kier molecular flexibility index (Phi) is 12.3. The van der Waals surface area contributed by atoms with Gasteiger partial charge in [-0.15, -0.1) is 0 Å². The Morgan fingerprint density at radius 1 is 1.40 bits per heavy atom. The number of ether oxygens (including phenoxy) is 2. The molecule has 1 rings (SSSR count). The van der Waals surface area contributed by atoms with Crippen molar-refractivity contribution in [3.8, 4) is 0 Å². The SMILES string of the molecule is CCC(O)C(C)(O)/C=C/CC(C)/C=C/C1OC(=O)CC(O)CCC(C)(O)C(OC(C)=O)/C=C\C1C. The largest absolute Gasteiger partial charge is 0.457 e. The van der Waals surface area contributed by atoms with Crippen LogP contribution in [0, 0.1) is 11.8 Å². The van der Waals surface area contributed by atoms with E-state index in [9.17, 15) is 30.0 Å². The number of hydrogen-bond acceptors (Lipinski definition) is 8. The fourth-order valence-corrected chi connectivity index (χ4v) is 3.78. The number of esters is 2. The molecule has 0 fully saturated rings. The highest BCUT2D eigenvalue weighted by Gasteiger charge is 2.34. The summed E-state index contributed by atoms with van der Waals surface area (Å²) in [5.41, 5.74) is -2.72. The maximum Gasteiger partial charge on any atom is 0.309 e. The molecule has 0 amide bonds. The number of allylic oxidation sites excluding steroid dienone is 2. The van der Waals surface area contributed by atoms with Gasteiger partial charge in [-0.3, -0.25) is 9.59 Å². The third kappa shape index (κ3) is 11.1. The molecule has 8 nitrogen and oxygen atoms in total. The Hall–Kier alpha value is -2.00. The predicted molar refractivity (Wildman–Crippen MR) is 133 cm³/mol. The van der Waals surface area contributed by atoms with Gasteiger partial charge in [0.25, 0.3) is 0 Å². The molecular formula is C27H44O8.